The summed E-state index contributed by atoms with van der Waals surface area (Å²) in [6.45, 7) is 8.44. The van der Waals surface area contributed by atoms with Crippen molar-refractivity contribution in [2.24, 2.45) is 5.92 Å². The van der Waals surface area contributed by atoms with Crippen LogP contribution in [0.25, 0.3) is 0 Å². The maximum atomic E-state index is 12.3. The Hall–Kier alpha value is -2.24. The Labute approximate surface area is 143 Å². The predicted octanol–water partition coefficient (Wildman–Crippen LogP) is 3.10. The van der Waals surface area contributed by atoms with E-state index in [1.54, 1.807) is 32.0 Å². The van der Waals surface area contributed by atoms with Crippen molar-refractivity contribution < 1.29 is 24.2 Å². The van der Waals surface area contributed by atoms with E-state index in [1.807, 2.05) is 6.92 Å². The van der Waals surface area contributed by atoms with Crippen molar-refractivity contribution in [1.29, 1.82) is 0 Å². The summed E-state index contributed by atoms with van der Waals surface area (Å²) in [6, 6.07) is 3.94. The van der Waals surface area contributed by atoms with Crippen LogP contribution in [0.1, 0.15) is 50.9 Å². The predicted molar refractivity (Wildman–Crippen MR) is 91.7 cm³/mol. The summed E-state index contributed by atoms with van der Waals surface area (Å²) < 4.78 is 11.2. The van der Waals surface area contributed by atoms with Gasteiger partial charge in [0.05, 0.1) is 13.2 Å². The SMILES string of the molecule is CCCCOc1ccc(C(=O)N[C@H](C(=O)O)C(C)C)cc1OCC. The Bertz CT molecular complexity index is 556. The van der Waals surface area contributed by atoms with Gasteiger partial charge in [0.2, 0.25) is 0 Å². The van der Waals surface area contributed by atoms with Crippen molar-refractivity contribution >= 4 is 11.9 Å². The molecule has 6 heteroatoms. The quantitative estimate of drug-likeness (QED) is 0.641. The highest BCUT2D eigenvalue weighted by Crippen LogP contribution is 2.29. The number of benzene rings is 1. The Balaban J connectivity index is 2.92. The molecule has 0 bridgehead atoms. The summed E-state index contributed by atoms with van der Waals surface area (Å²) in [7, 11) is 0. The summed E-state index contributed by atoms with van der Waals surface area (Å²) in [5, 5.41) is 11.7. The van der Waals surface area contributed by atoms with Crippen molar-refractivity contribution in [1.82, 2.24) is 5.32 Å². The molecular formula is C18H27NO5. The summed E-state index contributed by atoms with van der Waals surface area (Å²) in [5.74, 6) is -0.646. The molecule has 0 saturated heterocycles. The van der Waals surface area contributed by atoms with Crippen LogP contribution in [0, 0.1) is 5.92 Å². The van der Waals surface area contributed by atoms with Gasteiger partial charge in [-0.2, -0.15) is 0 Å². The fourth-order valence-corrected chi connectivity index (χ4v) is 2.10. The van der Waals surface area contributed by atoms with Gasteiger partial charge in [-0.15, -0.1) is 0 Å². The number of ether oxygens (including phenoxy) is 2. The Morgan fingerprint density at radius 3 is 2.42 bits per heavy atom. The highest BCUT2D eigenvalue weighted by molar-refractivity contribution is 5.97. The monoisotopic (exact) mass is 337 g/mol. The number of amides is 1. The zero-order chi connectivity index (χ0) is 18.1. The van der Waals surface area contributed by atoms with Crippen LogP contribution in [0.5, 0.6) is 11.5 Å². The number of nitrogens with one attached hydrogen (secondary N) is 1. The summed E-state index contributed by atoms with van der Waals surface area (Å²) >= 11 is 0. The first-order valence-electron chi connectivity index (χ1n) is 8.34. The molecule has 0 saturated carbocycles. The molecule has 24 heavy (non-hydrogen) atoms. The molecule has 1 aromatic rings. The lowest BCUT2D eigenvalue weighted by Gasteiger charge is -2.18. The maximum absolute atomic E-state index is 12.3. The van der Waals surface area contributed by atoms with Crippen molar-refractivity contribution in [2.45, 2.75) is 46.6 Å². The lowest BCUT2D eigenvalue weighted by molar-refractivity contribution is -0.140. The van der Waals surface area contributed by atoms with Gasteiger partial charge in [-0.1, -0.05) is 27.2 Å². The third-order valence-electron chi connectivity index (χ3n) is 3.48. The van der Waals surface area contributed by atoms with Crippen LogP contribution in [-0.2, 0) is 4.79 Å². The highest BCUT2D eigenvalue weighted by atomic mass is 16.5. The van der Waals surface area contributed by atoms with Crippen LogP contribution in [0.3, 0.4) is 0 Å². The van der Waals surface area contributed by atoms with Gasteiger partial charge in [-0.3, -0.25) is 4.79 Å². The molecule has 0 radical (unpaired) electrons. The molecule has 1 aromatic carbocycles. The molecule has 0 aliphatic carbocycles. The molecule has 0 fully saturated rings. The maximum Gasteiger partial charge on any atom is 0.326 e. The molecule has 134 valence electrons. The van der Waals surface area contributed by atoms with Crippen molar-refractivity contribution in [3.8, 4) is 11.5 Å². The van der Waals surface area contributed by atoms with Gasteiger partial charge >= 0.3 is 5.97 Å². The number of hydrogen-bond donors (Lipinski definition) is 2. The van der Waals surface area contributed by atoms with Crippen LogP contribution >= 0.6 is 0 Å². The second kappa shape index (κ2) is 9.80. The molecule has 0 spiro atoms. The van der Waals surface area contributed by atoms with E-state index in [2.05, 4.69) is 12.2 Å². The minimum atomic E-state index is -1.05. The molecule has 2 N–H and O–H groups in total. The van der Waals surface area contributed by atoms with E-state index in [-0.39, 0.29) is 5.92 Å². The molecule has 1 amide bonds. The second-order valence-corrected chi connectivity index (χ2v) is 5.83. The highest BCUT2D eigenvalue weighted by Gasteiger charge is 2.24. The molecule has 0 unspecified atom stereocenters. The number of carbonyl (C=O) groups excluding carboxylic acids is 1. The second-order valence-electron chi connectivity index (χ2n) is 5.83. The van der Waals surface area contributed by atoms with Gasteiger partial charge in [0.1, 0.15) is 6.04 Å². The average Bonchev–Trinajstić information content (AvgIpc) is 2.53. The topological polar surface area (TPSA) is 84.9 Å². The minimum Gasteiger partial charge on any atom is -0.490 e. The molecule has 0 aromatic heterocycles. The van der Waals surface area contributed by atoms with E-state index in [9.17, 15) is 14.7 Å². The van der Waals surface area contributed by atoms with E-state index in [1.165, 1.54) is 0 Å². The number of carbonyl (C=O) groups is 2. The smallest absolute Gasteiger partial charge is 0.326 e. The normalized spacial score (nSPS) is 11.9. The fourth-order valence-electron chi connectivity index (χ4n) is 2.10. The van der Waals surface area contributed by atoms with E-state index >= 15 is 0 Å². The van der Waals surface area contributed by atoms with Gasteiger partial charge < -0.3 is 19.9 Å². The summed E-state index contributed by atoms with van der Waals surface area (Å²) in [6.07, 6.45) is 1.96. The molecule has 1 rings (SSSR count). The Morgan fingerprint density at radius 2 is 1.88 bits per heavy atom. The molecule has 0 heterocycles. The van der Waals surface area contributed by atoms with Crippen molar-refractivity contribution in [2.75, 3.05) is 13.2 Å². The third-order valence-corrected chi connectivity index (χ3v) is 3.48. The average molecular weight is 337 g/mol. The minimum absolute atomic E-state index is 0.213. The van der Waals surface area contributed by atoms with Crippen LogP contribution in [-0.4, -0.2) is 36.2 Å². The standard InChI is InChI=1S/C18H27NO5/c1-5-7-10-24-14-9-8-13(11-15(14)23-6-2)17(20)19-16(12(3)4)18(21)22/h8-9,11-12,16H,5-7,10H2,1-4H3,(H,19,20)(H,21,22)/t16-/m0/s1. The Morgan fingerprint density at radius 1 is 1.17 bits per heavy atom. The lowest BCUT2D eigenvalue weighted by atomic mass is 10.0. The van der Waals surface area contributed by atoms with Gasteiger partial charge in [-0.05, 0) is 37.5 Å². The number of carboxylic acids is 1. The lowest BCUT2D eigenvalue weighted by Crippen LogP contribution is -2.44. The third kappa shape index (κ3) is 5.76. The largest absolute Gasteiger partial charge is 0.490 e. The summed E-state index contributed by atoms with van der Waals surface area (Å²) in [5.41, 5.74) is 0.341. The number of rotatable bonds is 10. The first-order valence-corrected chi connectivity index (χ1v) is 8.34. The van der Waals surface area contributed by atoms with E-state index < -0.39 is 17.9 Å². The van der Waals surface area contributed by atoms with Gasteiger partial charge in [0, 0.05) is 5.56 Å². The van der Waals surface area contributed by atoms with Crippen LogP contribution in [0.15, 0.2) is 18.2 Å². The van der Waals surface area contributed by atoms with E-state index in [4.69, 9.17) is 9.47 Å². The van der Waals surface area contributed by atoms with Gasteiger partial charge in [0.15, 0.2) is 11.5 Å². The number of hydrogen-bond acceptors (Lipinski definition) is 4. The molecular weight excluding hydrogens is 310 g/mol. The molecule has 1 atom stereocenters. The first-order chi connectivity index (χ1) is 11.4. The molecule has 0 aliphatic heterocycles. The van der Waals surface area contributed by atoms with Gasteiger partial charge in [-0.25, -0.2) is 4.79 Å². The van der Waals surface area contributed by atoms with E-state index in [0.29, 0.717) is 30.3 Å². The first kappa shape index (κ1) is 19.8. The van der Waals surface area contributed by atoms with Crippen LogP contribution < -0.4 is 14.8 Å². The van der Waals surface area contributed by atoms with Crippen molar-refractivity contribution in [3.63, 3.8) is 0 Å². The number of unbranched alkanes of at least 4 members (excludes halogenated alkanes) is 1. The van der Waals surface area contributed by atoms with Crippen LogP contribution in [0.2, 0.25) is 0 Å². The number of carboxylic acid groups (broad SMARTS) is 1. The molecule has 6 nitrogen and oxygen atoms in total. The Kier molecular flexibility index (Phi) is 8.09. The van der Waals surface area contributed by atoms with Crippen molar-refractivity contribution in [3.05, 3.63) is 23.8 Å². The summed E-state index contributed by atoms with van der Waals surface area (Å²) in [4.78, 5) is 23.5. The zero-order valence-electron chi connectivity index (χ0n) is 14.8. The van der Waals surface area contributed by atoms with E-state index in [0.717, 1.165) is 12.8 Å². The number of aliphatic carboxylic acids is 1. The fraction of sp³-hybridized carbons (Fsp3) is 0.556. The molecule has 0 aliphatic rings. The van der Waals surface area contributed by atoms with Gasteiger partial charge in [0.25, 0.3) is 5.91 Å². The zero-order valence-corrected chi connectivity index (χ0v) is 14.8. The van der Waals surface area contributed by atoms with Crippen LogP contribution in [0.4, 0.5) is 0 Å².